The van der Waals surface area contributed by atoms with Crippen LogP contribution in [0.4, 0.5) is 0 Å². The van der Waals surface area contributed by atoms with Crippen molar-refractivity contribution in [1.29, 1.82) is 0 Å². The summed E-state index contributed by atoms with van der Waals surface area (Å²) < 4.78 is 0. The van der Waals surface area contributed by atoms with Gasteiger partial charge in [-0.15, -0.1) is 0 Å². The molecule has 0 heteroatoms. The van der Waals surface area contributed by atoms with E-state index in [1.54, 1.807) is 16.7 Å². The topological polar surface area (TPSA) is 0 Å². The molecule has 0 saturated heterocycles. The fourth-order valence-electron chi connectivity index (χ4n) is 2.38. The van der Waals surface area contributed by atoms with Crippen molar-refractivity contribution < 1.29 is 0 Å². The largest absolute Gasteiger partial charge is 0.0658 e. The van der Waals surface area contributed by atoms with Gasteiger partial charge in [0.25, 0.3) is 0 Å². The van der Waals surface area contributed by atoms with Crippen molar-refractivity contribution in [2.75, 3.05) is 0 Å². The van der Waals surface area contributed by atoms with Crippen molar-refractivity contribution in [3.8, 4) is 0 Å². The molecule has 0 nitrogen and oxygen atoms in total. The van der Waals surface area contributed by atoms with E-state index >= 15 is 0 Å². The van der Waals surface area contributed by atoms with E-state index in [0.29, 0.717) is 17.8 Å². The normalized spacial score (nSPS) is 17.8. The van der Waals surface area contributed by atoms with E-state index in [-0.39, 0.29) is 0 Å². The van der Waals surface area contributed by atoms with E-state index in [4.69, 9.17) is 0 Å². The Hall–Kier alpha value is -0.780. The molecule has 0 radical (unpaired) electrons. The second kappa shape index (κ2) is 5.71. The van der Waals surface area contributed by atoms with Gasteiger partial charge < -0.3 is 0 Å². The lowest BCUT2D eigenvalue weighted by atomic mass is 9.92. The average molecular weight is 232 g/mol. The van der Waals surface area contributed by atoms with E-state index in [9.17, 15) is 0 Å². The van der Waals surface area contributed by atoms with Crippen LogP contribution in [0.3, 0.4) is 0 Å². The predicted molar refractivity (Wildman–Crippen MR) is 78.0 cm³/mol. The summed E-state index contributed by atoms with van der Waals surface area (Å²) in [5, 5.41) is 0. The first-order valence-corrected chi connectivity index (χ1v) is 6.94. The van der Waals surface area contributed by atoms with Gasteiger partial charge in [0.05, 0.1) is 0 Å². The summed E-state index contributed by atoms with van der Waals surface area (Å²) in [6.07, 6.45) is 6.02. The highest BCUT2D eigenvalue weighted by atomic mass is 14.2. The SMILES string of the molecule is CC1=C(C(C)C)C=C(C(C)C)C=C(C(C)C)C1. The summed E-state index contributed by atoms with van der Waals surface area (Å²) in [5.41, 5.74) is 6.17. The number of rotatable bonds is 3. The monoisotopic (exact) mass is 232 g/mol. The van der Waals surface area contributed by atoms with E-state index in [1.165, 1.54) is 5.57 Å². The zero-order valence-corrected chi connectivity index (χ0v) is 12.6. The van der Waals surface area contributed by atoms with E-state index in [0.717, 1.165) is 6.42 Å². The van der Waals surface area contributed by atoms with Crippen molar-refractivity contribution in [2.24, 2.45) is 17.8 Å². The van der Waals surface area contributed by atoms with Crippen molar-refractivity contribution in [2.45, 2.75) is 54.9 Å². The Morgan fingerprint density at radius 1 is 0.824 bits per heavy atom. The molecule has 0 N–H and O–H groups in total. The molecule has 1 rings (SSSR count). The molecule has 0 atom stereocenters. The van der Waals surface area contributed by atoms with Crippen LogP contribution < -0.4 is 0 Å². The molecule has 96 valence electrons. The first kappa shape index (κ1) is 14.3. The molecular weight excluding hydrogens is 204 g/mol. The lowest BCUT2D eigenvalue weighted by Gasteiger charge is -2.14. The lowest BCUT2D eigenvalue weighted by Crippen LogP contribution is -1.98. The molecule has 0 bridgehead atoms. The van der Waals surface area contributed by atoms with Gasteiger partial charge in [-0.3, -0.25) is 0 Å². The smallest absolute Gasteiger partial charge is 0.00995 e. The molecule has 1 aliphatic rings. The average Bonchev–Trinajstić information content (AvgIpc) is 2.37. The molecule has 0 spiro atoms. The van der Waals surface area contributed by atoms with Crippen LogP contribution in [0.15, 0.2) is 34.4 Å². The van der Waals surface area contributed by atoms with Crippen LogP contribution in [0.5, 0.6) is 0 Å². The maximum Gasteiger partial charge on any atom is -0.00995 e. The van der Waals surface area contributed by atoms with Gasteiger partial charge in [-0.1, -0.05) is 64.8 Å². The molecule has 17 heavy (non-hydrogen) atoms. The lowest BCUT2D eigenvalue weighted by molar-refractivity contribution is 0.723. The predicted octanol–water partition coefficient (Wildman–Crippen LogP) is 5.53. The third kappa shape index (κ3) is 3.59. The Labute approximate surface area is 108 Å². The third-order valence-corrected chi connectivity index (χ3v) is 3.67. The fourth-order valence-corrected chi connectivity index (χ4v) is 2.38. The molecule has 0 aromatic rings. The quantitative estimate of drug-likeness (QED) is 0.600. The van der Waals surface area contributed by atoms with Gasteiger partial charge in [0.15, 0.2) is 0 Å². The van der Waals surface area contributed by atoms with Crippen molar-refractivity contribution in [1.82, 2.24) is 0 Å². The summed E-state index contributed by atoms with van der Waals surface area (Å²) in [7, 11) is 0. The van der Waals surface area contributed by atoms with Gasteiger partial charge in [-0.05, 0) is 42.2 Å². The van der Waals surface area contributed by atoms with E-state index < -0.39 is 0 Å². The van der Waals surface area contributed by atoms with E-state index in [1.807, 2.05) is 0 Å². The summed E-state index contributed by atoms with van der Waals surface area (Å²) in [5.74, 6) is 1.89. The standard InChI is InChI=1S/C17H28/c1-11(2)15-8-14(7)17(13(5)6)10-16(9-15)12(3)4/h9-13H,8H2,1-7H3. The maximum atomic E-state index is 2.44. The minimum atomic E-state index is 0.614. The molecule has 0 aliphatic heterocycles. The highest BCUT2D eigenvalue weighted by Crippen LogP contribution is 2.32. The Morgan fingerprint density at radius 2 is 1.41 bits per heavy atom. The zero-order valence-electron chi connectivity index (χ0n) is 12.6. The number of allylic oxidation sites excluding steroid dienone is 6. The second-order valence-corrected chi connectivity index (χ2v) is 6.24. The molecule has 0 aromatic carbocycles. The first-order valence-electron chi connectivity index (χ1n) is 6.94. The van der Waals surface area contributed by atoms with Crippen LogP contribution in [0.25, 0.3) is 0 Å². The third-order valence-electron chi connectivity index (χ3n) is 3.67. The Balaban J connectivity index is 3.23. The van der Waals surface area contributed by atoms with Gasteiger partial charge in [-0.2, -0.15) is 0 Å². The second-order valence-electron chi connectivity index (χ2n) is 6.24. The fraction of sp³-hybridized carbons (Fsp3) is 0.647. The van der Waals surface area contributed by atoms with Gasteiger partial charge in [0.1, 0.15) is 0 Å². The minimum Gasteiger partial charge on any atom is -0.0658 e. The van der Waals surface area contributed by atoms with Gasteiger partial charge in [-0.25, -0.2) is 0 Å². The van der Waals surface area contributed by atoms with Crippen LogP contribution in [-0.4, -0.2) is 0 Å². The summed E-state index contributed by atoms with van der Waals surface area (Å²) in [4.78, 5) is 0. The maximum absolute atomic E-state index is 2.44. The highest BCUT2D eigenvalue weighted by molar-refractivity contribution is 5.42. The van der Waals surface area contributed by atoms with Crippen LogP contribution in [0.1, 0.15) is 54.9 Å². The van der Waals surface area contributed by atoms with Gasteiger partial charge in [0, 0.05) is 0 Å². The zero-order chi connectivity index (χ0) is 13.2. The summed E-state index contributed by atoms with van der Waals surface area (Å²) >= 11 is 0. The van der Waals surface area contributed by atoms with Crippen molar-refractivity contribution in [3.63, 3.8) is 0 Å². The van der Waals surface area contributed by atoms with Crippen LogP contribution in [0.2, 0.25) is 0 Å². The van der Waals surface area contributed by atoms with Gasteiger partial charge in [0.2, 0.25) is 0 Å². The molecule has 0 amide bonds. The minimum absolute atomic E-state index is 0.614. The Morgan fingerprint density at radius 3 is 1.82 bits per heavy atom. The number of hydrogen-bond donors (Lipinski definition) is 0. The molecular formula is C17H28. The van der Waals surface area contributed by atoms with Crippen LogP contribution in [0, 0.1) is 17.8 Å². The molecule has 0 aromatic heterocycles. The van der Waals surface area contributed by atoms with Crippen molar-refractivity contribution >= 4 is 0 Å². The van der Waals surface area contributed by atoms with Crippen LogP contribution >= 0.6 is 0 Å². The Bertz CT molecular complexity index is 359. The molecule has 0 heterocycles. The first-order chi connectivity index (χ1) is 7.82. The van der Waals surface area contributed by atoms with E-state index in [2.05, 4.69) is 60.6 Å². The highest BCUT2D eigenvalue weighted by Gasteiger charge is 2.15. The molecule has 0 saturated carbocycles. The van der Waals surface area contributed by atoms with Gasteiger partial charge >= 0.3 is 0 Å². The molecule has 0 unspecified atom stereocenters. The molecule has 1 aliphatic carbocycles. The molecule has 0 fully saturated rings. The number of hydrogen-bond acceptors (Lipinski definition) is 0. The van der Waals surface area contributed by atoms with Crippen LogP contribution in [-0.2, 0) is 0 Å². The van der Waals surface area contributed by atoms with Crippen molar-refractivity contribution in [3.05, 3.63) is 34.4 Å². The Kier molecular flexibility index (Phi) is 4.80. The summed E-state index contributed by atoms with van der Waals surface area (Å²) in [6.45, 7) is 16.1. The summed E-state index contributed by atoms with van der Waals surface area (Å²) in [6, 6.07) is 0.